The largest absolute Gasteiger partial charge is 0.465 e. The van der Waals surface area contributed by atoms with E-state index in [-0.39, 0.29) is 18.5 Å². The monoisotopic (exact) mass is 369 g/mol. The van der Waals surface area contributed by atoms with Gasteiger partial charge in [-0.3, -0.25) is 9.69 Å². The van der Waals surface area contributed by atoms with Gasteiger partial charge in [-0.05, 0) is 24.8 Å². The molecule has 0 saturated carbocycles. The van der Waals surface area contributed by atoms with Crippen molar-refractivity contribution in [3.05, 3.63) is 15.8 Å². The smallest absolute Gasteiger partial charge is 0.409 e. The summed E-state index contributed by atoms with van der Waals surface area (Å²) in [5, 5.41) is 4.60. The maximum atomic E-state index is 12.3. The molecule has 1 aliphatic heterocycles. The van der Waals surface area contributed by atoms with Gasteiger partial charge in [0.1, 0.15) is 4.88 Å². The van der Waals surface area contributed by atoms with Crippen LogP contribution in [0.3, 0.4) is 0 Å². The Morgan fingerprint density at radius 3 is 2.52 bits per heavy atom. The molecule has 0 aliphatic carbocycles. The topological polar surface area (TPSA) is 88.2 Å². The van der Waals surface area contributed by atoms with Gasteiger partial charge >= 0.3 is 12.1 Å². The van der Waals surface area contributed by atoms with Crippen LogP contribution < -0.4 is 5.32 Å². The number of nitrogens with one attached hydrogen (secondary N) is 1. The third kappa shape index (κ3) is 4.93. The second-order valence-corrected chi connectivity index (χ2v) is 6.50. The SMILES string of the molecule is CCOC(=O)N1CCN(CC(=O)Nc2c(C)csc2C(=O)OC)CC1. The molecule has 2 amide bonds. The number of piperazine rings is 1. The Bertz CT molecular complexity index is 638. The molecule has 0 radical (unpaired) electrons. The van der Waals surface area contributed by atoms with Crippen molar-refractivity contribution in [1.82, 2.24) is 9.80 Å². The van der Waals surface area contributed by atoms with E-state index in [1.807, 2.05) is 11.8 Å². The molecule has 1 aliphatic rings. The van der Waals surface area contributed by atoms with Crippen LogP contribution in [0.25, 0.3) is 0 Å². The van der Waals surface area contributed by atoms with Gasteiger partial charge in [0.25, 0.3) is 0 Å². The lowest BCUT2D eigenvalue weighted by atomic mass is 10.2. The maximum Gasteiger partial charge on any atom is 0.409 e. The first-order valence-corrected chi connectivity index (χ1v) is 8.94. The predicted molar refractivity (Wildman–Crippen MR) is 94.1 cm³/mol. The molecule has 0 bridgehead atoms. The molecule has 2 rings (SSSR count). The summed E-state index contributed by atoms with van der Waals surface area (Å²) in [5.74, 6) is -0.660. The molecular formula is C16H23N3O5S. The predicted octanol–water partition coefficient (Wildman–Crippen LogP) is 1.56. The number of methoxy groups -OCH3 is 1. The highest BCUT2D eigenvalue weighted by Crippen LogP contribution is 2.28. The summed E-state index contributed by atoms with van der Waals surface area (Å²) in [7, 11) is 1.31. The minimum Gasteiger partial charge on any atom is -0.465 e. The van der Waals surface area contributed by atoms with Gasteiger partial charge in [-0.15, -0.1) is 11.3 Å². The van der Waals surface area contributed by atoms with Gasteiger partial charge < -0.3 is 19.7 Å². The Morgan fingerprint density at radius 2 is 1.92 bits per heavy atom. The quantitative estimate of drug-likeness (QED) is 0.793. The average Bonchev–Trinajstić information content (AvgIpc) is 2.95. The Kier molecular flexibility index (Phi) is 6.77. The molecule has 2 heterocycles. The van der Waals surface area contributed by atoms with Crippen LogP contribution in [-0.2, 0) is 14.3 Å². The van der Waals surface area contributed by atoms with Crippen molar-refractivity contribution in [3.8, 4) is 0 Å². The molecule has 1 saturated heterocycles. The van der Waals surface area contributed by atoms with Gasteiger partial charge in [-0.25, -0.2) is 9.59 Å². The molecule has 0 spiro atoms. The number of ether oxygens (including phenoxy) is 2. The molecule has 9 heteroatoms. The number of hydrogen-bond donors (Lipinski definition) is 1. The van der Waals surface area contributed by atoms with Crippen molar-refractivity contribution in [1.29, 1.82) is 0 Å². The van der Waals surface area contributed by atoms with Crippen LogP contribution in [0.1, 0.15) is 22.2 Å². The van der Waals surface area contributed by atoms with E-state index in [0.717, 1.165) is 5.56 Å². The second-order valence-electron chi connectivity index (χ2n) is 5.62. The molecule has 1 aromatic rings. The van der Waals surface area contributed by atoms with Crippen LogP contribution in [0, 0.1) is 6.92 Å². The van der Waals surface area contributed by atoms with Crippen molar-refractivity contribution in [3.63, 3.8) is 0 Å². The molecule has 0 atom stereocenters. The number of carbonyl (C=O) groups excluding carboxylic acids is 3. The highest BCUT2D eigenvalue weighted by molar-refractivity contribution is 7.12. The number of nitrogens with zero attached hydrogens (tertiary/aromatic N) is 2. The summed E-state index contributed by atoms with van der Waals surface area (Å²) >= 11 is 1.24. The number of thiophene rings is 1. The lowest BCUT2D eigenvalue weighted by Crippen LogP contribution is -2.50. The van der Waals surface area contributed by atoms with Crippen LogP contribution in [0.15, 0.2) is 5.38 Å². The van der Waals surface area contributed by atoms with Crippen molar-refractivity contribution in [2.45, 2.75) is 13.8 Å². The molecular weight excluding hydrogens is 346 g/mol. The fraction of sp³-hybridized carbons (Fsp3) is 0.562. The van der Waals surface area contributed by atoms with Crippen LogP contribution in [0.5, 0.6) is 0 Å². The lowest BCUT2D eigenvalue weighted by molar-refractivity contribution is -0.117. The van der Waals surface area contributed by atoms with Crippen molar-refractivity contribution in [2.75, 3.05) is 51.8 Å². The lowest BCUT2D eigenvalue weighted by Gasteiger charge is -2.33. The summed E-state index contributed by atoms with van der Waals surface area (Å²) in [6.07, 6.45) is -0.316. The first-order valence-electron chi connectivity index (χ1n) is 8.06. The van der Waals surface area contributed by atoms with Crippen molar-refractivity contribution in [2.24, 2.45) is 0 Å². The molecule has 8 nitrogen and oxygen atoms in total. The molecule has 1 aromatic heterocycles. The van der Waals surface area contributed by atoms with E-state index in [4.69, 9.17) is 9.47 Å². The van der Waals surface area contributed by atoms with E-state index in [2.05, 4.69) is 5.32 Å². The van der Waals surface area contributed by atoms with E-state index in [1.165, 1.54) is 18.4 Å². The minimum atomic E-state index is -0.462. The van der Waals surface area contributed by atoms with Crippen molar-refractivity contribution >= 4 is 35.0 Å². The number of hydrogen-bond acceptors (Lipinski definition) is 7. The zero-order chi connectivity index (χ0) is 18.4. The van der Waals surface area contributed by atoms with Crippen LogP contribution in [-0.4, -0.2) is 74.2 Å². The molecule has 25 heavy (non-hydrogen) atoms. The fourth-order valence-electron chi connectivity index (χ4n) is 2.53. The normalized spacial score (nSPS) is 14.9. The molecule has 138 valence electrons. The van der Waals surface area contributed by atoms with Gasteiger partial charge in [0.05, 0.1) is 25.9 Å². The van der Waals surface area contributed by atoms with Crippen molar-refractivity contribution < 1.29 is 23.9 Å². The van der Waals surface area contributed by atoms with E-state index in [1.54, 1.807) is 17.2 Å². The van der Waals surface area contributed by atoms with Gasteiger partial charge in [-0.1, -0.05) is 0 Å². The van der Waals surface area contributed by atoms with Gasteiger partial charge in [0.15, 0.2) is 0 Å². The number of esters is 1. The summed E-state index contributed by atoms with van der Waals surface area (Å²) < 4.78 is 9.71. The standard InChI is InChI=1S/C16H23N3O5S/c1-4-24-16(22)19-7-5-18(6-8-19)9-12(20)17-13-11(2)10-25-14(13)15(21)23-3/h10H,4-9H2,1-3H3,(H,17,20). The molecule has 0 aromatic carbocycles. The van der Waals surface area contributed by atoms with Crippen LogP contribution >= 0.6 is 11.3 Å². The summed E-state index contributed by atoms with van der Waals surface area (Å²) in [5.41, 5.74) is 1.33. The fourth-order valence-corrected chi connectivity index (χ4v) is 3.45. The average molecular weight is 369 g/mol. The van der Waals surface area contributed by atoms with E-state index in [9.17, 15) is 14.4 Å². The maximum absolute atomic E-state index is 12.3. The van der Waals surface area contributed by atoms with Gasteiger partial charge in [0.2, 0.25) is 5.91 Å². The van der Waals surface area contributed by atoms with E-state index in [0.29, 0.717) is 43.4 Å². The Morgan fingerprint density at radius 1 is 1.24 bits per heavy atom. The summed E-state index contributed by atoms with van der Waals surface area (Å²) in [6.45, 7) is 6.39. The Labute approximate surface area is 150 Å². The number of amides is 2. The number of anilines is 1. The number of aryl methyl sites for hydroxylation is 1. The molecule has 0 unspecified atom stereocenters. The van der Waals surface area contributed by atoms with E-state index < -0.39 is 5.97 Å². The minimum absolute atomic E-state index is 0.198. The zero-order valence-electron chi connectivity index (χ0n) is 14.7. The molecule has 1 fully saturated rings. The van der Waals surface area contributed by atoms with Gasteiger partial charge in [0, 0.05) is 26.2 Å². The summed E-state index contributed by atoms with van der Waals surface area (Å²) in [6, 6.07) is 0. The number of carbonyl (C=O) groups is 3. The van der Waals surface area contributed by atoms with Gasteiger partial charge in [-0.2, -0.15) is 0 Å². The summed E-state index contributed by atoms with van der Waals surface area (Å²) in [4.78, 5) is 39.7. The third-order valence-electron chi connectivity index (χ3n) is 3.88. The zero-order valence-corrected chi connectivity index (χ0v) is 15.5. The molecule has 1 N–H and O–H groups in total. The van der Waals surface area contributed by atoms with E-state index >= 15 is 0 Å². The highest BCUT2D eigenvalue weighted by atomic mass is 32.1. The van der Waals surface area contributed by atoms with Crippen LogP contribution in [0.2, 0.25) is 0 Å². The van der Waals surface area contributed by atoms with Crippen LogP contribution in [0.4, 0.5) is 10.5 Å². The first kappa shape index (κ1) is 19.2. The Hall–Kier alpha value is -2.13. The number of rotatable bonds is 5. The third-order valence-corrected chi connectivity index (χ3v) is 4.95. The second kappa shape index (κ2) is 8.82. The highest BCUT2D eigenvalue weighted by Gasteiger charge is 2.24. The Balaban J connectivity index is 1.87. The first-order chi connectivity index (χ1) is 12.0.